The first-order valence-electron chi connectivity index (χ1n) is 12.7. The lowest BCUT2D eigenvalue weighted by Gasteiger charge is -2.33. The molecule has 2 aromatic carbocycles. The van der Waals surface area contributed by atoms with Crippen LogP contribution in [0.1, 0.15) is 25.3 Å². The van der Waals surface area contributed by atoms with Crippen molar-refractivity contribution in [2.24, 2.45) is 0 Å². The van der Waals surface area contributed by atoms with Gasteiger partial charge in [-0.3, -0.25) is 4.90 Å². The highest BCUT2D eigenvalue weighted by Gasteiger charge is 2.24. The molecular formula is C29H30N4O3. The number of nitrogens with zero attached hydrogens (tertiary/aromatic N) is 4. The molecular weight excluding hydrogens is 452 g/mol. The molecule has 0 N–H and O–H groups in total. The number of amides is 1. The van der Waals surface area contributed by atoms with Crippen molar-refractivity contribution in [2.75, 3.05) is 36.0 Å². The van der Waals surface area contributed by atoms with E-state index >= 15 is 0 Å². The lowest BCUT2D eigenvalue weighted by atomic mass is 10.1. The lowest BCUT2D eigenvalue weighted by molar-refractivity contribution is 0.170. The number of piperidine rings is 1. The minimum absolute atomic E-state index is 0.201. The molecule has 2 saturated heterocycles. The van der Waals surface area contributed by atoms with Gasteiger partial charge < -0.3 is 18.9 Å². The molecule has 2 aliphatic rings. The Morgan fingerprint density at radius 3 is 2.47 bits per heavy atom. The number of carbonyl (C=O) groups is 1. The summed E-state index contributed by atoms with van der Waals surface area (Å²) in [5.41, 5.74) is 4.55. The Bertz CT molecular complexity index is 1360. The van der Waals surface area contributed by atoms with Crippen molar-refractivity contribution in [2.45, 2.75) is 32.3 Å². The van der Waals surface area contributed by atoms with Crippen molar-refractivity contribution < 1.29 is 14.3 Å². The lowest BCUT2D eigenvalue weighted by Crippen LogP contribution is -2.38. The first-order chi connectivity index (χ1) is 17.7. The minimum Gasteiger partial charge on any atom is -0.489 e. The van der Waals surface area contributed by atoms with E-state index in [1.807, 2.05) is 53.4 Å². The second-order valence-corrected chi connectivity index (χ2v) is 9.37. The van der Waals surface area contributed by atoms with Gasteiger partial charge in [0.15, 0.2) is 0 Å². The van der Waals surface area contributed by atoms with Crippen molar-refractivity contribution >= 4 is 28.4 Å². The molecule has 0 aliphatic carbocycles. The van der Waals surface area contributed by atoms with Gasteiger partial charge in [-0.05, 0) is 60.5 Å². The van der Waals surface area contributed by atoms with Crippen molar-refractivity contribution in [1.29, 1.82) is 0 Å². The van der Waals surface area contributed by atoms with Gasteiger partial charge in [-0.1, -0.05) is 19.1 Å². The van der Waals surface area contributed by atoms with Crippen LogP contribution in [-0.4, -0.2) is 48.0 Å². The van der Waals surface area contributed by atoms with Crippen LogP contribution in [0.15, 0.2) is 73.1 Å². The number of aryl methyl sites for hydroxylation is 1. The zero-order valence-corrected chi connectivity index (χ0v) is 20.5. The average molecular weight is 483 g/mol. The maximum absolute atomic E-state index is 11.9. The molecule has 0 radical (unpaired) electrons. The summed E-state index contributed by atoms with van der Waals surface area (Å²) in [7, 11) is 0. The second-order valence-electron chi connectivity index (χ2n) is 9.37. The maximum Gasteiger partial charge on any atom is 0.414 e. The van der Waals surface area contributed by atoms with E-state index in [0.29, 0.717) is 13.2 Å². The van der Waals surface area contributed by atoms with Gasteiger partial charge in [0.1, 0.15) is 24.3 Å². The van der Waals surface area contributed by atoms with Crippen molar-refractivity contribution in [1.82, 2.24) is 9.55 Å². The number of carbonyl (C=O) groups excluding carboxylic acids is 1. The van der Waals surface area contributed by atoms with E-state index in [-0.39, 0.29) is 12.2 Å². The number of hydrogen-bond acceptors (Lipinski definition) is 5. The van der Waals surface area contributed by atoms with Crippen LogP contribution in [0.25, 0.3) is 16.7 Å². The molecule has 7 heteroatoms. The summed E-state index contributed by atoms with van der Waals surface area (Å²) >= 11 is 0. The molecule has 1 amide bonds. The van der Waals surface area contributed by atoms with Crippen LogP contribution in [0.3, 0.4) is 0 Å². The molecule has 6 rings (SSSR count). The fourth-order valence-electron chi connectivity index (χ4n) is 5.08. The zero-order valence-electron chi connectivity index (χ0n) is 20.5. The summed E-state index contributed by atoms with van der Waals surface area (Å²) in [5.74, 6) is 1.63. The smallest absolute Gasteiger partial charge is 0.414 e. The maximum atomic E-state index is 11.9. The molecule has 0 saturated carbocycles. The third-order valence-corrected chi connectivity index (χ3v) is 7.17. The fourth-order valence-corrected chi connectivity index (χ4v) is 5.08. The quantitative estimate of drug-likeness (QED) is 0.358. The van der Waals surface area contributed by atoms with Gasteiger partial charge in [-0.15, -0.1) is 0 Å². The number of pyridine rings is 1. The van der Waals surface area contributed by atoms with E-state index in [4.69, 9.17) is 9.47 Å². The Balaban J connectivity index is 1.09. The highest BCUT2D eigenvalue weighted by Crippen LogP contribution is 2.28. The monoisotopic (exact) mass is 482 g/mol. The Kier molecular flexibility index (Phi) is 5.97. The van der Waals surface area contributed by atoms with Crippen LogP contribution in [0.2, 0.25) is 0 Å². The highest BCUT2D eigenvalue weighted by atomic mass is 16.6. The Labute approximate surface area is 210 Å². The molecule has 2 fully saturated rings. The Morgan fingerprint density at radius 2 is 1.78 bits per heavy atom. The number of rotatable bonds is 6. The number of aromatic nitrogens is 2. The Morgan fingerprint density at radius 1 is 0.972 bits per heavy atom. The van der Waals surface area contributed by atoms with E-state index in [1.165, 1.54) is 11.3 Å². The Hall–Kier alpha value is -4.00. The summed E-state index contributed by atoms with van der Waals surface area (Å²) in [5, 5.41) is 1.05. The van der Waals surface area contributed by atoms with Crippen molar-refractivity contribution in [3.63, 3.8) is 0 Å². The number of cyclic esters (lactones) is 1. The van der Waals surface area contributed by atoms with E-state index < -0.39 is 0 Å². The third kappa shape index (κ3) is 4.37. The molecule has 184 valence electrons. The van der Waals surface area contributed by atoms with Gasteiger partial charge >= 0.3 is 6.09 Å². The van der Waals surface area contributed by atoms with Crippen LogP contribution < -0.4 is 14.5 Å². The largest absolute Gasteiger partial charge is 0.489 e. The molecule has 4 aromatic rings. The topological polar surface area (TPSA) is 59.8 Å². The van der Waals surface area contributed by atoms with Gasteiger partial charge in [0.25, 0.3) is 0 Å². The molecule has 2 aromatic heterocycles. The predicted octanol–water partition coefficient (Wildman–Crippen LogP) is 5.59. The van der Waals surface area contributed by atoms with Crippen molar-refractivity contribution in [3.05, 3.63) is 78.6 Å². The zero-order chi connectivity index (χ0) is 24.5. The number of hydrogen-bond donors (Lipinski definition) is 0. The minimum atomic E-state index is -0.289. The number of anilines is 2. The molecule has 0 spiro atoms. The number of benzene rings is 2. The highest BCUT2D eigenvalue weighted by molar-refractivity contribution is 5.93. The first kappa shape index (κ1) is 22.5. The molecule has 0 atom stereocenters. The van der Waals surface area contributed by atoms with E-state index in [1.54, 1.807) is 4.90 Å². The van der Waals surface area contributed by atoms with E-state index in [9.17, 15) is 4.79 Å². The van der Waals surface area contributed by atoms with Crippen LogP contribution in [-0.2, 0) is 11.2 Å². The second kappa shape index (κ2) is 9.57. The number of fused-ring (bicyclic) bond motifs is 1. The van der Waals surface area contributed by atoms with Crippen LogP contribution in [0.5, 0.6) is 5.75 Å². The summed E-state index contributed by atoms with van der Waals surface area (Å²) < 4.78 is 13.4. The van der Waals surface area contributed by atoms with Crippen LogP contribution in [0, 0.1) is 0 Å². The molecule has 36 heavy (non-hydrogen) atoms. The van der Waals surface area contributed by atoms with Gasteiger partial charge in [-0.25, -0.2) is 9.78 Å². The summed E-state index contributed by atoms with van der Waals surface area (Å²) in [4.78, 5) is 20.7. The summed E-state index contributed by atoms with van der Waals surface area (Å²) in [6, 6.07) is 20.9. The van der Waals surface area contributed by atoms with Gasteiger partial charge in [0.05, 0.1) is 18.3 Å². The van der Waals surface area contributed by atoms with Gasteiger partial charge in [0.2, 0.25) is 0 Å². The standard InChI is InChI=1S/C29H30N4O3/c1-2-21-3-5-23(6-4-21)31-14-12-25(13-15-31)36-26-8-10-28(30-20-26)33-16-11-22-19-24(7-9-27(22)33)32-17-18-35-29(32)34/h3-11,16,19-20,25H,2,12-15,17-18H2,1H3. The predicted molar refractivity (Wildman–Crippen MR) is 141 cm³/mol. The molecule has 0 bridgehead atoms. The summed E-state index contributed by atoms with van der Waals surface area (Å²) in [6.07, 6.45) is 6.78. The summed E-state index contributed by atoms with van der Waals surface area (Å²) in [6.45, 7) is 5.19. The third-order valence-electron chi connectivity index (χ3n) is 7.17. The SMILES string of the molecule is CCc1ccc(N2CCC(Oc3ccc(-n4ccc5cc(N6CCOC6=O)ccc54)nc3)CC2)cc1. The first-order valence-corrected chi connectivity index (χ1v) is 12.7. The normalized spacial score (nSPS) is 16.5. The molecule has 7 nitrogen and oxygen atoms in total. The van der Waals surface area contributed by atoms with Gasteiger partial charge in [0, 0.05) is 48.9 Å². The van der Waals surface area contributed by atoms with E-state index in [0.717, 1.165) is 60.5 Å². The molecule has 2 aliphatic heterocycles. The average Bonchev–Trinajstić information content (AvgIpc) is 3.55. The van der Waals surface area contributed by atoms with Gasteiger partial charge in [-0.2, -0.15) is 0 Å². The van der Waals surface area contributed by atoms with E-state index in [2.05, 4.69) is 41.1 Å². The molecule has 0 unspecified atom stereocenters. The van der Waals surface area contributed by atoms with Crippen molar-refractivity contribution in [3.8, 4) is 11.6 Å². The van der Waals surface area contributed by atoms with Crippen LogP contribution in [0.4, 0.5) is 16.2 Å². The number of ether oxygens (including phenoxy) is 2. The fraction of sp³-hybridized carbons (Fsp3) is 0.310. The molecule has 4 heterocycles. The van der Waals surface area contributed by atoms with Crippen LogP contribution >= 0.6 is 0 Å².